The highest BCUT2D eigenvalue weighted by atomic mass is 16.5. The van der Waals surface area contributed by atoms with E-state index in [-0.39, 0.29) is 0 Å². The van der Waals surface area contributed by atoms with Crippen LogP contribution >= 0.6 is 0 Å². The first-order chi connectivity index (χ1) is 9.31. The fourth-order valence-electron chi connectivity index (χ4n) is 2.71. The van der Waals surface area contributed by atoms with Crippen molar-refractivity contribution >= 4 is 0 Å². The number of rotatable bonds is 7. The van der Waals surface area contributed by atoms with Gasteiger partial charge in [-0.2, -0.15) is 0 Å². The molecular formula is C16H24O3. The minimum absolute atomic E-state index is 0.396. The first kappa shape index (κ1) is 14.5. The van der Waals surface area contributed by atoms with Gasteiger partial charge in [0.15, 0.2) is 0 Å². The van der Waals surface area contributed by atoms with Crippen molar-refractivity contribution in [3.8, 4) is 0 Å². The van der Waals surface area contributed by atoms with Crippen LogP contribution in [0.2, 0.25) is 0 Å². The van der Waals surface area contributed by atoms with Gasteiger partial charge in [-0.1, -0.05) is 24.3 Å². The van der Waals surface area contributed by atoms with Gasteiger partial charge >= 0.3 is 0 Å². The van der Waals surface area contributed by atoms with Gasteiger partial charge < -0.3 is 14.6 Å². The van der Waals surface area contributed by atoms with Crippen LogP contribution in [0.4, 0.5) is 0 Å². The van der Waals surface area contributed by atoms with Gasteiger partial charge in [-0.15, -0.1) is 0 Å². The lowest BCUT2D eigenvalue weighted by Crippen LogP contribution is -2.07. The lowest BCUT2D eigenvalue weighted by molar-refractivity contribution is 0.0939. The van der Waals surface area contributed by atoms with Crippen LogP contribution in [0.15, 0.2) is 24.3 Å². The molecule has 3 nitrogen and oxygen atoms in total. The highest BCUT2D eigenvalue weighted by molar-refractivity contribution is 5.28. The van der Waals surface area contributed by atoms with Crippen molar-refractivity contribution in [2.75, 3.05) is 13.7 Å². The Morgan fingerprint density at radius 2 is 2.26 bits per heavy atom. The van der Waals surface area contributed by atoms with Crippen molar-refractivity contribution in [1.82, 2.24) is 0 Å². The summed E-state index contributed by atoms with van der Waals surface area (Å²) in [6.45, 7) is 1.46. The predicted molar refractivity (Wildman–Crippen MR) is 74.9 cm³/mol. The van der Waals surface area contributed by atoms with Crippen LogP contribution in [0.1, 0.15) is 49.3 Å². The summed E-state index contributed by atoms with van der Waals surface area (Å²) in [6, 6.07) is 7.96. The van der Waals surface area contributed by atoms with E-state index in [4.69, 9.17) is 9.47 Å². The number of ether oxygens (including phenoxy) is 2. The monoisotopic (exact) mass is 264 g/mol. The average molecular weight is 264 g/mol. The fourth-order valence-corrected chi connectivity index (χ4v) is 2.71. The Kier molecular flexibility index (Phi) is 5.83. The van der Waals surface area contributed by atoms with Gasteiger partial charge in [-0.05, 0) is 43.2 Å². The van der Waals surface area contributed by atoms with E-state index in [2.05, 4.69) is 0 Å². The summed E-state index contributed by atoms with van der Waals surface area (Å²) in [5.41, 5.74) is 2.08. The third-order valence-corrected chi connectivity index (χ3v) is 3.74. The molecule has 1 aromatic rings. The maximum Gasteiger partial charge on any atom is 0.0793 e. The molecule has 0 saturated carbocycles. The van der Waals surface area contributed by atoms with Crippen LogP contribution in [0, 0.1) is 0 Å². The molecule has 106 valence electrons. The van der Waals surface area contributed by atoms with E-state index < -0.39 is 6.10 Å². The van der Waals surface area contributed by atoms with Gasteiger partial charge in [-0.25, -0.2) is 0 Å². The van der Waals surface area contributed by atoms with Gasteiger partial charge in [0.1, 0.15) is 0 Å². The molecule has 3 heteroatoms. The number of hydrogen-bond acceptors (Lipinski definition) is 3. The molecule has 2 unspecified atom stereocenters. The number of hydrogen-bond donors (Lipinski definition) is 1. The molecule has 1 fully saturated rings. The maximum absolute atomic E-state index is 10.3. The van der Waals surface area contributed by atoms with E-state index in [1.807, 2.05) is 24.3 Å². The predicted octanol–water partition coefficient (Wildman–Crippen LogP) is 3.22. The molecule has 0 bridgehead atoms. The summed E-state index contributed by atoms with van der Waals surface area (Å²) < 4.78 is 10.8. The van der Waals surface area contributed by atoms with Gasteiger partial charge in [0, 0.05) is 13.7 Å². The van der Waals surface area contributed by atoms with Crippen LogP contribution in [0.25, 0.3) is 0 Å². The largest absolute Gasteiger partial charge is 0.388 e. The van der Waals surface area contributed by atoms with Crippen LogP contribution in [0.3, 0.4) is 0 Å². The summed E-state index contributed by atoms with van der Waals surface area (Å²) in [5.74, 6) is 0. The highest BCUT2D eigenvalue weighted by Gasteiger charge is 2.17. The molecule has 1 aromatic carbocycles. The van der Waals surface area contributed by atoms with E-state index in [9.17, 15) is 5.11 Å². The Balaban J connectivity index is 1.82. The summed E-state index contributed by atoms with van der Waals surface area (Å²) in [6.07, 6.45) is 5.24. The molecule has 0 aliphatic carbocycles. The molecule has 2 atom stereocenters. The Labute approximate surface area is 115 Å². The zero-order valence-corrected chi connectivity index (χ0v) is 11.7. The smallest absolute Gasteiger partial charge is 0.0793 e. The van der Waals surface area contributed by atoms with Crippen LogP contribution in [-0.2, 0) is 16.1 Å². The summed E-state index contributed by atoms with van der Waals surface area (Å²) in [4.78, 5) is 0. The third kappa shape index (κ3) is 4.30. The summed E-state index contributed by atoms with van der Waals surface area (Å²) >= 11 is 0. The molecule has 1 aliphatic heterocycles. The van der Waals surface area contributed by atoms with Crippen LogP contribution in [-0.4, -0.2) is 24.9 Å². The third-order valence-electron chi connectivity index (χ3n) is 3.74. The number of methoxy groups -OCH3 is 1. The normalized spacial score (nSPS) is 20.6. The van der Waals surface area contributed by atoms with Gasteiger partial charge in [0.2, 0.25) is 0 Å². The quantitative estimate of drug-likeness (QED) is 0.822. The minimum Gasteiger partial charge on any atom is -0.388 e. The van der Waals surface area contributed by atoms with E-state index in [0.717, 1.165) is 37.0 Å². The Morgan fingerprint density at radius 1 is 1.42 bits per heavy atom. The van der Waals surface area contributed by atoms with Crippen molar-refractivity contribution in [3.05, 3.63) is 35.4 Å². The van der Waals surface area contributed by atoms with Crippen LogP contribution < -0.4 is 0 Å². The highest BCUT2D eigenvalue weighted by Crippen LogP contribution is 2.25. The summed E-state index contributed by atoms with van der Waals surface area (Å²) in [7, 11) is 1.68. The molecule has 19 heavy (non-hydrogen) atoms. The molecule has 0 spiro atoms. The maximum atomic E-state index is 10.3. The van der Waals surface area contributed by atoms with Crippen molar-refractivity contribution < 1.29 is 14.6 Å². The lowest BCUT2D eigenvalue weighted by Gasteiger charge is -2.16. The first-order valence-electron chi connectivity index (χ1n) is 7.17. The van der Waals surface area contributed by atoms with E-state index in [1.165, 1.54) is 12.8 Å². The molecule has 2 rings (SSSR count). The SMILES string of the molecule is COCc1ccccc1C(O)CCCC1CCCO1. The lowest BCUT2D eigenvalue weighted by atomic mass is 9.98. The van der Waals surface area contributed by atoms with E-state index in [1.54, 1.807) is 7.11 Å². The van der Waals surface area contributed by atoms with E-state index >= 15 is 0 Å². The molecule has 0 amide bonds. The van der Waals surface area contributed by atoms with Crippen molar-refractivity contribution in [3.63, 3.8) is 0 Å². The topological polar surface area (TPSA) is 38.7 Å². The van der Waals surface area contributed by atoms with Crippen molar-refractivity contribution in [1.29, 1.82) is 0 Å². The number of aliphatic hydroxyl groups excluding tert-OH is 1. The van der Waals surface area contributed by atoms with Gasteiger partial charge in [0.25, 0.3) is 0 Å². The molecule has 1 heterocycles. The second kappa shape index (κ2) is 7.63. The number of aliphatic hydroxyl groups is 1. The zero-order valence-electron chi connectivity index (χ0n) is 11.7. The first-order valence-corrected chi connectivity index (χ1v) is 7.17. The minimum atomic E-state index is -0.396. The molecule has 0 aromatic heterocycles. The Hall–Kier alpha value is -0.900. The van der Waals surface area contributed by atoms with Crippen molar-refractivity contribution in [2.45, 2.75) is 50.9 Å². The van der Waals surface area contributed by atoms with Gasteiger partial charge in [0.05, 0.1) is 18.8 Å². The Morgan fingerprint density at radius 3 is 3.00 bits per heavy atom. The standard InChI is InChI=1S/C16H24O3/c1-18-12-13-6-2-3-9-15(13)16(17)10-4-7-14-8-5-11-19-14/h2-3,6,9,14,16-17H,4-5,7-8,10-12H2,1H3. The average Bonchev–Trinajstić information content (AvgIpc) is 2.93. The molecular weight excluding hydrogens is 240 g/mol. The second-order valence-corrected chi connectivity index (χ2v) is 5.21. The zero-order chi connectivity index (χ0) is 13.5. The van der Waals surface area contributed by atoms with E-state index in [0.29, 0.717) is 12.7 Å². The molecule has 0 radical (unpaired) electrons. The van der Waals surface area contributed by atoms with Crippen LogP contribution in [0.5, 0.6) is 0 Å². The molecule has 1 N–H and O–H groups in total. The number of benzene rings is 1. The van der Waals surface area contributed by atoms with Gasteiger partial charge in [-0.3, -0.25) is 0 Å². The molecule has 1 saturated heterocycles. The van der Waals surface area contributed by atoms with Crippen molar-refractivity contribution in [2.24, 2.45) is 0 Å². The molecule has 1 aliphatic rings. The second-order valence-electron chi connectivity index (χ2n) is 5.21. The fraction of sp³-hybridized carbons (Fsp3) is 0.625. The Bertz CT molecular complexity index is 372. The summed E-state index contributed by atoms with van der Waals surface area (Å²) in [5, 5.41) is 10.3.